The van der Waals surface area contributed by atoms with Crippen molar-refractivity contribution >= 4 is 10.8 Å². The van der Waals surface area contributed by atoms with Crippen LogP contribution in [-0.4, -0.2) is 16.3 Å². The number of benzene rings is 2. The highest BCUT2D eigenvalue weighted by Gasteiger charge is 2.19. The molecule has 0 radical (unpaired) electrons. The van der Waals surface area contributed by atoms with Gasteiger partial charge in [-0.2, -0.15) is 5.10 Å². The molecular weight excluding hydrogens is 258 g/mol. The Bertz CT molecular complexity index is 753. The number of aryl methyl sites for hydroxylation is 1. The SMILES string of the molecule is CCNC(c1cnn(C)c1C)c1cccc2ccccc12. The third-order valence-electron chi connectivity index (χ3n) is 4.13. The molecule has 0 aliphatic rings. The molecule has 1 N–H and O–H groups in total. The third-order valence-corrected chi connectivity index (χ3v) is 4.13. The second-order valence-corrected chi connectivity index (χ2v) is 5.37. The van der Waals surface area contributed by atoms with E-state index in [9.17, 15) is 0 Å². The summed E-state index contributed by atoms with van der Waals surface area (Å²) in [6.45, 7) is 5.18. The fourth-order valence-corrected chi connectivity index (χ4v) is 2.89. The normalized spacial score (nSPS) is 12.7. The molecule has 1 heterocycles. The third kappa shape index (κ3) is 2.45. The van der Waals surface area contributed by atoms with E-state index in [1.54, 1.807) is 0 Å². The number of rotatable bonds is 4. The van der Waals surface area contributed by atoms with Crippen LogP contribution in [-0.2, 0) is 7.05 Å². The number of aromatic nitrogens is 2. The Labute approximate surface area is 125 Å². The molecule has 21 heavy (non-hydrogen) atoms. The van der Waals surface area contributed by atoms with Crippen LogP contribution in [0.3, 0.4) is 0 Å². The van der Waals surface area contributed by atoms with E-state index in [-0.39, 0.29) is 6.04 Å². The average molecular weight is 279 g/mol. The van der Waals surface area contributed by atoms with Gasteiger partial charge < -0.3 is 5.32 Å². The van der Waals surface area contributed by atoms with Crippen LogP contribution in [0.25, 0.3) is 10.8 Å². The second-order valence-electron chi connectivity index (χ2n) is 5.37. The minimum absolute atomic E-state index is 0.176. The van der Waals surface area contributed by atoms with Crippen molar-refractivity contribution in [2.45, 2.75) is 19.9 Å². The molecule has 0 spiro atoms. The van der Waals surface area contributed by atoms with Gasteiger partial charge >= 0.3 is 0 Å². The number of nitrogens with zero attached hydrogens (tertiary/aromatic N) is 2. The fourth-order valence-electron chi connectivity index (χ4n) is 2.89. The molecule has 1 aromatic heterocycles. The van der Waals surface area contributed by atoms with Gasteiger partial charge in [0, 0.05) is 18.3 Å². The molecule has 0 aliphatic heterocycles. The standard InChI is InChI=1S/C18H21N3/c1-4-19-18(17-12-20-21(3)13(17)2)16-11-7-9-14-8-5-6-10-15(14)16/h5-12,18-19H,4H2,1-3H3. The minimum Gasteiger partial charge on any atom is -0.306 e. The first-order valence-electron chi connectivity index (χ1n) is 7.42. The van der Waals surface area contributed by atoms with Crippen molar-refractivity contribution in [3.05, 3.63) is 65.5 Å². The maximum absolute atomic E-state index is 4.40. The molecule has 0 fully saturated rings. The maximum atomic E-state index is 4.40. The van der Waals surface area contributed by atoms with E-state index in [0.29, 0.717) is 0 Å². The lowest BCUT2D eigenvalue weighted by atomic mass is 9.94. The Hall–Kier alpha value is -2.13. The predicted octanol–water partition coefficient (Wildman–Crippen LogP) is 3.58. The van der Waals surface area contributed by atoms with Crippen molar-refractivity contribution in [1.82, 2.24) is 15.1 Å². The van der Waals surface area contributed by atoms with Crippen LogP contribution < -0.4 is 5.32 Å². The van der Waals surface area contributed by atoms with Crippen molar-refractivity contribution in [2.24, 2.45) is 7.05 Å². The van der Waals surface area contributed by atoms with Crippen molar-refractivity contribution in [3.63, 3.8) is 0 Å². The van der Waals surface area contributed by atoms with Crippen LogP contribution in [0.1, 0.15) is 29.8 Å². The summed E-state index contributed by atoms with van der Waals surface area (Å²) in [5, 5.41) is 10.6. The molecule has 3 rings (SSSR count). The molecule has 0 amide bonds. The summed E-state index contributed by atoms with van der Waals surface area (Å²) in [5.74, 6) is 0. The molecule has 0 aliphatic carbocycles. The van der Waals surface area contributed by atoms with Crippen molar-refractivity contribution < 1.29 is 0 Å². The largest absolute Gasteiger partial charge is 0.306 e. The van der Waals surface area contributed by atoms with Crippen LogP contribution in [0.4, 0.5) is 0 Å². The monoisotopic (exact) mass is 279 g/mol. The average Bonchev–Trinajstić information content (AvgIpc) is 2.84. The molecule has 0 saturated carbocycles. The Kier molecular flexibility index (Phi) is 3.76. The van der Waals surface area contributed by atoms with Crippen LogP contribution >= 0.6 is 0 Å². The molecule has 3 heteroatoms. The first-order valence-corrected chi connectivity index (χ1v) is 7.42. The highest BCUT2D eigenvalue weighted by molar-refractivity contribution is 5.86. The Morgan fingerprint density at radius 3 is 2.57 bits per heavy atom. The molecule has 3 nitrogen and oxygen atoms in total. The predicted molar refractivity (Wildman–Crippen MR) is 87.4 cm³/mol. The summed E-state index contributed by atoms with van der Waals surface area (Å²) in [5.41, 5.74) is 3.76. The lowest BCUT2D eigenvalue weighted by Gasteiger charge is -2.20. The van der Waals surface area contributed by atoms with Gasteiger partial charge in [-0.05, 0) is 29.8 Å². The Morgan fingerprint density at radius 1 is 1.10 bits per heavy atom. The first-order chi connectivity index (χ1) is 10.2. The summed E-state index contributed by atoms with van der Waals surface area (Å²) in [4.78, 5) is 0. The summed E-state index contributed by atoms with van der Waals surface area (Å²) in [6, 6.07) is 15.2. The van der Waals surface area contributed by atoms with E-state index in [1.807, 2.05) is 17.9 Å². The van der Waals surface area contributed by atoms with Crippen molar-refractivity contribution in [1.29, 1.82) is 0 Å². The van der Waals surface area contributed by atoms with Crippen LogP contribution in [0, 0.1) is 6.92 Å². The molecular formula is C18H21N3. The summed E-state index contributed by atoms with van der Waals surface area (Å²) in [6.07, 6.45) is 1.98. The second kappa shape index (κ2) is 5.70. The summed E-state index contributed by atoms with van der Waals surface area (Å²) < 4.78 is 1.94. The van der Waals surface area contributed by atoms with Gasteiger partial charge in [0.2, 0.25) is 0 Å². The van der Waals surface area contributed by atoms with Gasteiger partial charge in [0.05, 0.1) is 12.2 Å². The topological polar surface area (TPSA) is 29.9 Å². The zero-order chi connectivity index (χ0) is 14.8. The summed E-state index contributed by atoms with van der Waals surface area (Å²) in [7, 11) is 1.99. The highest BCUT2D eigenvalue weighted by Crippen LogP contribution is 2.30. The van der Waals surface area contributed by atoms with E-state index in [1.165, 1.54) is 27.6 Å². The lowest BCUT2D eigenvalue weighted by Crippen LogP contribution is -2.22. The van der Waals surface area contributed by atoms with Crippen LogP contribution in [0.2, 0.25) is 0 Å². The highest BCUT2D eigenvalue weighted by atomic mass is 15.3. The quantitative estimate of drug-likeness (QED) is 0.791. The molecule has 1 atom stereocenters. The molecule has 108 valence electrons. The van der Waals surface area contributed by atoms with Gasteiger partial charge in [-0.3, -0.25) is 4.68 Å². The van der Waals surface area contributed by atoms with Crippen molar-refractivity contribution in [2.75, 3.05) is 6.54 Å². The molecule has 0 saturated heterocycles. The molecule has 1 unspecified atom stereocenters. The van der Waals surface area contributed by atoms with Crippen LogP contribution in [0.15, 0.2) is 48.7 Å². The van der Waals surface area contributed by atoms with E-state index in [4.69, 9.17) is 0 Å². The van der Waals surface area contributed by atoms with Gasteiger partial charge in [0.25, 0.3) is 0 Å². The van der Waals surface area contributed by atoms with E-state index < -0.39 is 0 Å². The summed E-state index contributed by atoms with van der Waals surface area (Å²) >= 11 is 0. The smallest absolute Gasteiger partial charge is 0.0616 e. The number of hydrogen-bond donors (Lipinski definition) is 1. The Balaban J connectivity index is 2.18. The zero-order valence-corrected chi connectivity index (χ0v) is 12.8. The van der Waals surface area contributed by atoms with E-state index >= 15 is 0 Å². The molecule has 3 aromatic rings. The van der Waals surface area contributed by atoms with Gasteiger partial charge in [-0.15, -0.1) is 0 Å². The first kappa shape index (κ1) is 13.8. The number of fused-ring (bicyclic) bond motifs is 1. The number of hydrogen-bond acceptors (Lipinski definition) is 2. The van der Waals surface area contributed by atoms with Gasteiger partial charge in [0.1, 0.15) is 0 Å². The van der Waals surface area contributed by atoms with Gasteiger partial charge in [0.15, 0.2) is 0 Å². The van der Waals surface area contributed by atoms with Gasteiger partial charge in [-0.1, -0.05) is 49.4 Å². The number of nitrogens with one attached hydrogen (secondary N) is 1. The lowest BCUT2D eigenvalue weighted by molar-refractivity contribution is 0.628. The zero-order valence-electron chi connectivity index (χ0n) is 12.8. The van der Waals surface area contributed by atoms with Gasteiger partial charge in [-0.25, -0.2) is 0 Å². The van der Waals surface area contributed by atoms with E-state index in [2.05, 4.69) is 66.7 Å². The molecule has 2 aromatic carbocycles. The fraction of sp³-hybridized carbons (Fsp3) is 0.278. The van der Waals surface area contributed by atoms with Crippen LogP contribution in [0.5, 0.6) is 0 Å². The minimum atomic E-state index is 0.176. The van der Waals surface area contributed by atoms with Crippen molar-refractivity contribution in [3.8, 4) is 0 Å². The van der Waals surface area contributed by atoms with E-state index in [0.717, 1.165) is 6.54 Å². The molecule has 0 bridgehead atoms. The Morgan fingerprint density at radius 2 is 1.86 bits per heavy atom. The maximum Gasteiger partial charge on any atom is 0.0616 e.